The summed E-state index contributed by atoms with van der Waals surface area (Å²) in [6, 6.07) is 10.1. The predicted molar refractivity (Wildman–Crippen MR) is 70.9 cm³/mol. The Morgan fingerprint density at radius 2 is 2.00 bits per heavy atom. The minimum atomic E-state index is -0.413. The van der Waals surface area contributed by atoms with Crippen molar-refractivity contribution in [3.63, 3.8) is 0 Å². The maximum atomic E-state index is 10.9. The molecule has 0 heterocycles. The monoisotopic (exact) mass is 257 g/mol. The maximum absolute atomic E-state index is 10.9. The van der Waals surface area contributed by atoms with E-state index in [1.54, 1.807) is 18.2 Å². The number of para-hydroxylation sites is 1. The molecule has 0 radical (unpaired) electrons. The number of methoxy groups -OCH3 is 1. The van der Waals surface area contributed by atoms with E-state index in [1.807, 2.05) is 6.07 Å². The van der Waals surface area contributed by atoms with Crippen molar-refractivity contribution < 1.29 is 14.6 Å². The van der Waals surface area contributed by atoms with Crippen LogP contribution in [0.4, 0.5) is 5.69 Å². The van der Waals surface area contributed by atoms with Crippen molar-refractivity contribution in [3.05, 3.63) is 46.9 Å². The van der Waals surface area contributed by atoms with E-state index >= 15 is 0 Å². The highest BCUT2D eigenvalue weighted by Crippen LogP contribution is 2.37. The van der Waals surface area contributed by atoms with Crippen LogP contribution in [-0.2, 0) is 0 Å². The summed E-state index contributed by atoms with van der Waals surface area (Å²) in [4.78, 5) is 21.6. The summed E-state index contributed by atoms with van der Waals surface area (Å²) in [6.45, 7) is 0. The van der Waals surface area contributed by atoms with E-state index in [0.717, 1.165) is 0 Å². The molecule has 0 saturated heterocycles. The molecular weight excluding hydrogens is 246 g/mol. The number of aldehydes is 1. The molecule has 0 spiro atoms. The molecule has 5 nitrogen and oxygen atoms in total. The molecule has 5 heteroatoms. The maximum Gasteiger partial charge on any atom is 0.155 e. The van der Waals surface area contributed by atoms with Gasteiger partial charge in [0.05, 0.1) is 12.7 Å². The van der Waals surface area contributed by atoms with Gasteiger partial charge in [-0.25, -0.2) is 0 Å². The summed E-state index contributed by atoms with van der Waals surface area (Å²) >= 11 is 0. The molecule has 0 aromatic heterocycles. The van der Waals surface area contributed by atoms with E-state index in [2.05, 4.69) is 5.18 Å². The smallest absolute Gasteiger partial charge is 0.155 e. The number of phenols is 1. The number of aromatic hydroxyl groups is 1. The van der Waals surface area contributed by atoms with Crippen LogP contribution in [0.3, 0.4) is 0 Å². The van der Waals surface area contributed by atoms with Gasteiger partial charge in [-0.3, -0.25) is 4.79 Å². The average molecular weight is 257 g/mol. The van der Waals surface area contributed by atoms with Gasteiger partial charge in [0.2, 0.25) is 0 Å². The Morgan fingerprint density at radius 3 is 2.63 bits per heavy atom. The summed E-state index contributed by atoms with van der Waals surface area (Å²) in [6.07, 6.45) is 0.475. The summed E-state index contributed by atoms with van der Waals surface area (Å²) in [5.74, 6) is 0.186. The zero-order chi connectivity index (χ0) is 13.8. The molecule has 2 aromatic carbocycles. The van der Waals surface area contributed by atoms with Crippen LogP contribution in [0.2, 0.25) is 0 Å². The molecule has 1 N–H and O–H groups in total. The largest absolute Gasteiger partial charge is 0.505 e. The van der Waals surface area contributed by atoms with Crippen molar-refractivity contribution in [1.82, 2.24) is 0 Å². The second kappa shape index (κ2) is 5.30. The second-order valence-corrected chi connectivity index (χ2v) is 3.84. The molecule has 0 aliphatic heterocycles. The number of carbonyl (C=O) groups is 1. The lowest BCUT2D eigenvalue weighted by Crippen LogP contribution is -1.89. The lowest BCUT2D eigenvalue weighted by atomic mass is 10.0. The fraction of sp³-hybridized carbons (Fsp3) is 0.0714. The molecule has 0 fully saturated rings. The van der Waals surface area contributed by atoms with Crippen molar-refractivity contribution in [2.75, 3.05) is 7.11 Å². The minimum absolute atomic E-state index is 0.0120. The minimum Gasteiger partial charge on any atom is -0.505 e. The van der Waals surface area contributed by atoms with Crippen LogP contribution >= 0.6 is 0 Å². The highest BCUT2D eigenvalue weighted by atomic mass is 16.5. The zero-order valence-electron chi connectivity index (χ0n) is 10.2. The normalized spacial score (nSPS) is 9.95. The van der Waals surface area contributed by atoms with Gasteiger partial charge in [-0.2, -0.15) is 0 Å². The Kier molecular flexibility index (Phi) is 3.56. The number of ether oxygens (including phenoxy) is 1. The SMILES string of the molecule is COc1ccccc1-c1cc(C=O)c(O)c(N=O)c1. The van der Waals surface area contributed by atoms with Crippen molar-refractivity contribution in [2.45, 2.75) is 0 Å². The van der Waals surface area contributed by atoms with E-state index in [9.17, 15) is 14.8 Å². The first-order chi connectivity index (χ1) is 9.21. The van der Waals surface area contributed by atoms with E-state index in [0.29, 0.717) is 23.2 Å². The van der Waals surface area contributed by atoms with E-state index in [4.69, 9.17) is 4.74 Å². The number of nitrogens with zero attached hydrogens (tertiary/aromatic N) is 1. The summed E-state index contributed by atoms with van der Waals surface area (Å²) < 4.78 is 5.22. The van der Waals surface area contributed by atoms with Gasteiger partial charge in [-0.1, -0.05) is 18.2 Å². The molecule has 96 valence electrons. The molecule has 0 atom stereocenters. The number of hydrogen-bond acceptors (Lipinski definition) is 5. The van der Waals surface area contributed by atoms with Gasteiger partial charge in [0.25, 0.3) is 0 Å². The van der Waals surface area contributed by atoms with Crippen molar-refractivity contribution in [3.8, 4) is 22.6 Å². The Balaban J connectivity index is 2.68. The Labute approximate surface area is 109 Å². The summed E-state index contributed by atoms with van der Waals surface area (Å²) in [7, 11) is 1.53. The van der Waals surface area contributed by atoms with Gasteiger partial charge >= 0.3 is 0 Å². The highest BCUT2D eigenvalue weighted by Gasteiger charge is 2.13. The Bertz CT molecular complexity index is 608. The van der Waals surface area contributed by atoms with Crippen LogP contribution in [0.5, 0.6) is 11.5 Å². The molecule has 0 aliphatic carbocycles. The van der Waals surface area contributed by atoms with Gasteiger partial charge in [-0.05, 0) is 28.9 Å². The molecule has 0 unspecified atom stereocenters. The van der Waals surface area contributed by atoms with Crippen molar-refractivity contribution in [1.29, 1.82) is 0 Å². The third kappa shape index (κ3) is 2.30. The fourth-order valence-corrected chi connectivity index (χ4v) is 1.84. The van der Waals surface area contributed by atoms with Crippen LogP contribution in [0.25, 0.3) is 11.1 Å². The number of hydrogen-bond donors (Lipinski definition) is 1. The average Bonchev–Trinajstić information content (AvgIpc) is 2.47. The quantitative estimate of drug-likeness (QED) is 0.673. The third-order valence-corrected chi connectivity index (χ3v) is 2.76. The Morgan fingerprint density at radius 1 is 1.26 bits per heavy atom. The zero-order valence-corrected chi connectivity index (χ0v) is 10.2. The molecule has 0 bridgehead atoms. The van der Waals surface area contributed by atoms with Gasteiger partial charge in [-0.15, -0.1) is 4.91 Å². The number of carbonyl (C=O) groups excluding carboxylic acids is 1. The summed E-state index contributed by atoms with van der Waals surface area (Å²) in [5.41, 5.74) is 1.12. The van der Waals surface area contributed by atoms with Crippen LogP contribution < -0.4 is 4.74 Å². The first kappa shape index (κ1) is 12.8. The molecule has 0 amide bonds. The lowest BCUT2D eigenvalue weighted by Gasteiger charge is -2.10. The standard InChI is InChI=1S/C14H11NO4/c1-19-13-5-3-2-4-11(13)9-6-10(8-16)14(17)12(7-9)15-18/h2-8,17H,1H3. The highest BCUT2D eigenvalue weighted by molar-refractivity contribution is 5.88. The van der Waals surface area contributed by atoms with Crippen LogP contribution in [0.1, 0.15) is 10.4 Å². The lowest BCUT2D eigenvalue weighted by molar-refractivity contribution is 0.112. The second-order valence-electron chi connectivity index (χ2n) is 3.84. The fourth-order valence-electron chi connectivity index (χ4n) is 1.84. The van der Waals surface area contributed by atoms with E-state index in [1.165, 1.54) is 19.2 Å². The van der Waals surface area contributed by atoms with Crippen LogP contribution in [0, 0.1) is 4.91 Å². The first-order valence-electron chi connectivity index (χ1n) is 5.50. The number of nitroso groups, excluding NO2 is 1. The number of phenolic OH excluding ortho intramolecular Hbond substituents is 1. The number of benzene rings is 2. The van der Waals surface area contributed by atoms with Gasteiger partial charge in [0.15, 0.2) is 17.7 Å². The Hall–Kier alpha value is -2.69. The topological polar surface area (TPSA) is 76.0 Å². The third-order valence-electron chi connectivity index (χ3n) is 2.76. The van der Waals surface area contributed by atoms with Crippen LogP contribution in [-0.4, -0.2) is 18.5 Å². The van der Waals surface area contributed by atoms with Crippen LogP contribution in [0.15, 0.2) is 41.6 Å². The molecule has 0 aliphatic rings. The number of rotatable bonds is 4. The predicted octanol–water partition coefficient (Wildman–Crippen LogP) is 3.28. The first-order valence-corrected chi connectivity index (χ1v) is 5.50. The van der Waals surface area contributed by atoms with Crippen molar-refractivity contribution in [2.24, 2.45) is 5.18 Å². The molecule has 2 aromatic rings. The van der Waals surface area contributed by atoms with Crippen molar-refractivity contribution >= 4 is 12.0 Å². The summed E-state index contributed by atoms with van der Waals surface area (Å²) in [5, 5.41) is 12.4. The molecule has 2 rings (SSSR count). The van der Waals surface area contributed by atoms with E-state index < -0.39 is 5.75 Å². The molecule has 0 saturated carbocycles. The van der Waals surface area contributed by atoms with Gasteiger partial charge in [0.1, 0.15) is 5.75 Å². The van der Waals surface area contributed by atoms with E-state index in [-0.39, 0.29) is 11.3 Å². The molecular formula is C14H11NO4. The molecule has 19 heavy (non-hydrogen) atoms. The van der Waals surface area contributed by atoms with Gasteiger partial charge < -0.3 is 9.84 Å². The van der Waals surface area contributed by atoms with Gasteiger partial charge in [0, 0.05) is 5.56 Å².